The Morgan fingerprint density at radius 1 is 1.26 bits per heavy atom. The standard InChI is InChI=1S/C12H9NO6/c1-2-18-11(16)7-3-4-8(12(17)19-6-13)9(5-7)10(14)15/h3-5H,2H2,1H3,(H,14,15). The molecule has 0 saturated heterocycles. The molecule has 19 heavy (non-hydrogen) atoms. The van der Waals surface area contributed by atoms with Crippen LogP contribution in [0, 0.1) is 11.5 Å². The second-order valence-electron chi connectivity index (χ2n) is 3.27. The summed E-state index contributed by atoms with van der Waals surface area (Å²) in [6.07, 6.45) is 1.16. The highest BCUT2D eigenvalue weighted by Gasteiger charge is 2.20. The molecule has 0 fully saturated rings. The van der Waals surface area contributed by atoms with E-state index in [1.54, 1.807) is 6.92 Å². The van der Waals surface area contributed by atoms with Crippen LogP contribution in [0.4, 0.5) is 0 Å². The van der Waals surface area contributed by atoms with E-state index in [0.717, 1.165) is 18.4 Å². The van der Waals surface area contributed by atoms with Gasteiger partial charge >= 0.3 is 17.9 Å². The summed E-state index contributed by atoms with van der Waals surface area (Å²) in [5.74, 6) is -3.23. The average molecular weight is 263 g/mol. The van der Waals surface area contributed by atoms with E-state index in [1.807, 2.05) is 0 Å². The van der Waals surface area contributed by atoms with Crippen molar-refractivity contribution in [2.24, 2.45) is 0 Å². The minimum Gasteiger partial charge on any atom is -0.478 e. The van der Waals surface area contributed by atoms with E-state index in [4.69, 9.17) is 15.1 Å². The number of nitriles is 1. The predicted molar refractivity (Wildman–Crippen MR) is 60.4 cm³/mol. The molecule has 0 aliphatic heterocycles. The molecule has 0 aliphatic carbocycles. The Kier molecular flexibility index (Phi) is 4.60. The van der Waals surface area contributed by atoms with Gasteiger partial charge in [-0.1, -0.05) is 0 Å². The van der Waals surface area contributed by atoms with Crippen molar-refractivity contribution in [1.82, 2.24) is 0 Å². The number of hydrogen-bond acceptors (Lipinski definition) is 6. The van der Waals surface area contributed by atoms with E-state index in [1.165, 1.54) is 6.07 Å². The first-order valence-electron chi connectivity index (χ1n) is 5.16. The van der Waals surface area contributed by atoms with Gasteiger partial charge in [-0.2, -0.15) is 0 Å². The van der Waals surface area contributed by atoms with Gasteiger partial charge < -0.3 is 14.6 Å². The molecular formula is C12H9NO6. The lowest BCUT2D eigenvalue weighted by atomic mass is 10.0. The van der Waals surface area contributed by atoms with Crippen LogP contribution in [0.15, 0.2) is 18.2 Å². The maximum absolute atomic E-state index is 11.4. The third-order valence-electron chi connectivity index (χ3n) is 2.12. The molecule has 0 radical (unpaired) electrons. The van der Waals surface area contributed by atoms with Crippen LogP contribution < -0.4 is 0 Å². The van der Waals surface area contributed by atoms with Crippen LogP contribution in [0.25, 0.3) is 0 Å². The Balaban J connectivity index is 3.23. The fourth-order valence-electron chi connectivity index (χ4n) is 1.34. The number of carboxylic acid groups (broad SMARTS) is 1. The van der Waals surface area contributed by atoms with Crippen LogP contribution in [-0.2, 0) is 9.47 Å². The molecule has 0 saturated carbocycles. The molecule has 0 amide bonds. The smallest absolute Gasteiger partial charge is 0.354 e. The van der Waals surface area contributed by atoms with Gasteiger partial charge in [0.05, 0.1) is 23.3 Å². The summed E-state index contributed by atoms with van der Waals surface area (Å²) >= 11 is 0. The summed E-state index contributed by atoms with van der Waals surface area (Å²) in [5.41, 5.74) is -0.763. The minimum absolute atomic E-state index is 0.00671. The number of nitrogens with zero attached hydrogens (tertiary/aromatic N) is 1. The number of carbonyl (C=O) groups excluding carboxylic acids is 2. The highest BCUT2D eigenvalue weighted by atomic mass is 16.5. The lowest BCUT2D eigenvalue weighted by molar-refractivity contribution is 0.0525. The van der Waals surface area contributed by atoms with Crippen molar-refractivity contribution in [2.45, 2.75) is 6.92 Å². The molecule has 0 bridgehead atoms. The van der Waals surface area contributed by atoms with Gasteiger partial charge in [0.25, 0.3) is 6.26 Å². The maximum Gasteiger partial charge on any atom is 0.354 e. The monoisotopic (exact) mass is 263 g/mol. The third-order valence-corrected chi connectivity index (χ3v) is 2.12. The largest absolute Gasteiger partial charge is 0.478 e. The topological polar surface area (TPSA) is 114 Å². The number of carboxylic acids is 1. The molecule has 1 aromatic carbocycles. The van der Waals surface area contributed by atoms with E-state index < -0.39 is 23.5 Å². The first kappa shape index (κ1) is 14.2. The van der Waals surface area contributed by atoms with E-state index in [-0.39, 0.29) is 17.7 Å². The van der Waals surface area contributed by atoms with Gasteiger partial charge in [0, 0.05) is 0 Å². The number of hydrogen-bond donors (Lipinski definition) is 1. The van der Waals surface area contributed by atoms with Gasteiger partial charge in [0.15, 0.2) is 0 Å². The Morgan fingerprint density at radius 3 is 2.47 bits per heavy atom. The summed E-state index contributed by atoms with van der Waals surface area (Å²) in [7, 11) is 0. The number of carbonyl (C=O) groups is 3. The Bertz CT molecular complexity index is 572. The second-order valence-corrected chi connectivity index (χ2v) is 3.27. The fraction of sp³-hybridized carbons (Fsp3) is 0.167. The third kappa shape index (κ3) is 3.29. The first-order chi connectivity index (χ1) is 9.01. The molecule has 0 unspecified atom stereocenters. The van der Waals surface area contributed by atoms with Crippen molar-refractivity contribution in [3.05, 3.63) is 34.9 Å². The lowest BCUT2D eigenvalue weighted by Crippen LogP contribution is -2.13. The summed E-state index contributed by atoms with van der Waals surface area (Å²) in [6, 6.07) is 3.31. The van der Waals surface area contributed by atoms with Gasteiger partial charge in [-0.25, -0.2) is 14.4 Å². The van der Waals surface area contributed by atoms with E-state index in [0.29, 0.717) is 0 Å². The zero-order valence-electron chi connectivity index (χ0n) is 9.87. The van der Waals surface area contributed by atoms with Crippen molar-refractivity contribution < 1.29 is 29.0 Å². The minimum atomic E-state index is -1.42. The van der Waals surface area contributed by atoms with Crippen LogP contribution >= 0.6 is 0 Å². The van der Waals surface area contributed by atoms with Crippen molar-refractivity contribution in [1.29, 1.82) is 5.26 Å². The van der Waals surface area contributed by atoms with E-state index in [9.17, 15) is 14.4 Å². The molecular weight excluding hydrogens is 254 g/mol. The maximum atomic E-state index is 11.4. The SMILES string of the molecule is CCOC(=O)c1ccc(C(=O)OC#N)c(C(=O)O)c1. The molecule has 1 aromatic rings. The number of esters is 2. The summed E-state index contributed by atoms with van der Waals surface area (Å²) in [4.78, 5) is 33.8. The Morgan fingerprint density at radius 2 is 1.95 bits per heavy atom. The second kappa shape index (κ2) is 6.16. The molecule has 7 nitrogen and oxygen atoms in total. The predicted octanol–water partition coefficient (Wildman–Crippen LogP) is 1.20. The number of ether oxygens (including phenoxy) is 2. The Hall–Kier alpha value is -2.88. The Labute approximate surface area is 108 Å². The fourth-order valence-corrected chi connectivity index (χ4v) is 1.34. The zero-order chi connectivity index (χ0) is 14.4. The normalized spacial score (nSPS) is 9.26. The summed E-state index contributed by atoms with van der Waals surface area (Å²) < 4.78 is 8.76. The van der Waals surface area contributed by atoms with Gasteiger partial charge in [0.2, 0.25) is 0 Å². The highest BCUT2D eigenvalue weighted by molar-refractivity contribution is 6.04. The van der Waals surface area contributed by atoms with E-state index in [2.05, 4.69) is 4.74 Å². The van der Waals surface area contributed by atoms with Gasteiger partial charge in [-0.15, -0.1) is 5.26 Å². The van der Waals surface area contributed by atoms with E-state index >= 15 is 0 Å². The number of rotatable bonds is 4. The van der Waals surface area contributed by atoms with Crippen LogP contribution in [0.5, 0.6) is 0 Å². The van der Waals surface area contributed by atoms with Crippen LogP contribution in [-0.4, -0.2) is 29.6 Å². The molecule has 0 heterocycles. The lowest BCUT2D eigenvalue weighted by Gasteiger charge is -2.06. The van der Waals surface area contributed by atoms with Crippen molar-refractivity contribution in [2.75, 3.05) is 6.61 Å². The van der Waals surface area contributed by atoms with Crippen molar-refractivity contribution in [3.8, 4) is 6.26 Å². The molecule has 1 N–H and O–H groups in total. The first-order valence-corrected chi connectivity index (χ1v) is 5.16. The van der Waals surface area contributed by atoms with Crippen LogP contribution in [0.1, 0.15) is 38.0 Å². The number of benzene rings is 1. The van der Waals surface area contributed by atoms with Gasteiger partial charge in [-0.05, 0) is 25.1 Å². The van der Waals surface area contributed by atoms with Crippen molar-refractivity contribution >= 4 is 17.9 Å². The molecule has 7 heteroatoms. The highest BCUT2D eigenvalue weighted by Crippen LogP contribution is 2.14. The molecule has 0 atom stereocenters. The molecule has 1 rings (SSSR count). The summed E-state index contributed by atoms with van der Waals surface area (Å²) in [5, 5.41) is 17.2. The number of aromatic carboxylic acids is 1. The average Bonchev–Trinajstić information content (AvgIpc) is 2.38. The molecule has 98 valence electrons. The van der Waals surface area contributed by atoms with Gasteiger partial charge in [-0.3, -0.25) is 0 Å². The zero-order valence-corrected chi connectivity index (χ0v) is 9.87. The molecule has 0 aromatic heterocycles. The van der Waals surface area contributed by atoms with Crippen molar-refractivity contribution in [3.63, 3.8) is 0 Å². The molecule has 0 aliphatic rings. The van der Waals surface area contributed by atoms with Crippen LogP contribution in [0.3, 0.4) is 0 Å². The van der Waals surface area contributed by atoms with Gasteiger partial charge in [0.1, 0.15) is 0 Å². The molecule has 0 spiro atoms. The summed E-state index contributed by atoms with van der Waals surface area (Å²) in [6.45, 7) is 1.74. The quantitative estimate of drug-likeness (QED) is 0.641. The van der Waals surface area contributed by atoms with Crippen LogP contribution in [0.2, 0.25) is 0 Å².